The third-order valence-electron chi connectivity index (χ3n) is 4.58. The summed E-state index contributed by atoms with van der Waals surface area (Å²) in [6.45, 7) is 11.1. The van der Waals surface area contributed by atoms with Gasteiger partial charge in [-0.1, -0.05) is 38.1 Å². The molecule has 1 aromatic rings. The fraction of sp³-hybridized carbons (Fsp3) is 0.650. The van der Waals surface area contributed by atoms with Crippen molar-refractivity contribution in [1.82, 2.24) is 15.1 Å². The molecule has 1 unspecified atom stereocenters. The van der Waals surface area contributed by atoms with Crippen LogP contribution in [0.25, 0.3) is 0 Å². The van der Waals surface area contributed by atoms with Gasteiger partial charge in [-0.05, 0) is 37.6 Å². The van der Waals surface area contributed by atoms with Crippen LogP contribution in [0.3, 0.4) is 0 Å². The summed E-state index contributed by atoms with van der Waals surface area (Å²) in [5.74, 6) is 0.966. The topological polar surface area (TPSA) is 40.1 Å². The molecular formula is C20H35IN4O. The lowest BCUT2D eigenvalue weighted by Crippen LogP contribution is -2.50. The summed E-state index contributed by atoms with van der Waals surface area (Å²) in [6.07, 6.45) is 0.100. The quantitative estimate of drug-likeness (QED) is 0.405. The van der Waals surface area contributed by atoms with Crippen molar-refractivity contribution < 1.29 is 4.74 Å². The van der Waals surface area contributed by atoms with E-state index in [4.69, 9.17) is 4.74 Å². The van der Waals surface area contributed by atoms with Gasteiger partial charge < -0.3 is 19.9 Å². The van der Waals surface area contributed by atoms with E-state index >= 15 is 0 Å². The van der Waals surface area contributed by atoms with Gasteiger partial charge in [0.1, 0.15) is 6.10 Å². The molecule has 1 N–H and O–H groups in total. The van der Waals surface area contributed by atoms with Gasteiger partial charge in [0.05, 0.1) is 13.2 Å². The van der Waals surface area contributed by atoms with Crippen LogP contribution in [-0.4, -0.2) is 69.7 Å². The Kier molecular flexibility index (Phi) is 9.33. The van der Waals surface area contributed by atoms with Crippen molar-refractivity contribution in [2.75, 3.05) is 53.9 Å². The monoisotopic (exact) mass is 474 g/mol. The Balaban J connectivity index is 0.00000338. The number of aryl methyl sites for hydroxylation is 1. The first-order valence-electron chi connectivity index (χ1n) is 9.10. The molecule has 26 heavy (non-hydrogen) atoms. The van der Waals surface area contributed by atoms with Crippen LogP contribution >= 0.6 is 24.0 Å². The van der Waals surface area contributed by atoms with E-state index in [0.29, 0.717) is 0 Å². The van der Waals surface area contributed by atoms with Crippen molar-refractivity contribution in [3.8, 4) is 0 Å². The zero-order chi connectivity index (χ0) is 18.4. The fourth-order valence-electron chi connectivity index (χ4n) is 3.54. The summed E-state index contributed by atoms with van der Waals surface area (Å²) >= 11 is 0. The third kappa shape index (κ3) is 6.70. The molecule has 1 aliphatic rings. The van der Waals surface area contributed by atoms with Crippen molar-refractivity contribution in [3.63, 3.8) is 0 Å². The maximum atomic E-state index is 6.04. The lowest BCUT2D eigenvalue weighted by Gasteiger charge is -2.37. The molecule has 0 aromatic heterocycles. The molecule has 1 atom stereocenters. The Bertz CT molecular complexity index is 589. The smallest absolute Gasteiger partial charge is 0.193 e. The first kappa shape index (κ1) is 23.2. The molecule has 1 fully saturated rings. The molecule has 6 heteroatoms. The van der Waals surface area contributed by atoms with Gasteiger partial charge >= 0.3 is 0 Å². The summed E-state index contributed by atoms with van der Waals surface area (Å²) < 4.78 is 6.04. The van der Waals surface area contributed by atoms with Crippen LogP contribution in [0.5, 0.6) is 0 Å². The molecule has 148 valence electrons. The largest absolute Gasteiger partial charge is 0.370 e. The van der Waals surface area contributed by atoms with Crippen molar-refractivity contribution in [2.24, 2.45) is 10.4 Å². The number of guanidine groups is 1. The molecule has 0 amide bonds. The van der Waals surface area contributed by atoms with Crippen LogP contribution in [0, 0.1) is 12.3 Å². The number of aliphatic imine (C=N–C) groups is 1. The number of nitrogens with zero attached hydrogens (tertiary/aromatic N) is 3. The van der Waals surface area contributed by atoms with E-state index in [9.17, 15) is 0 Å². The molecule has 1 aliphatic heterocycles. The van der Waals surface area contributed by atoms with E-state index < -0.39 is 0 Å². The van der Waals surface area contributed by atoms with Crippen LogP contribution in [0.4, 0.5) is 0 Å². The minimum absolute atomic E-state index is 0. The van der Waals surface area contributed by atoms with Gasteiger partial charge in [0, 0.05) is 26.7 Å². The number of hydrogen-bond acceptors (Lipinski definition) is 3. The lowest BCUT2D eigenvalue weighted by molar-refractivity contribution is -0.00847. The number of halogens is 1. The SMILES string of the molecule is CN=C(NCC(C)(C)CN(C)C)N1CCOC(c2ccccc2C)C1.I. The van der Waals surface area contributed by atoms with E-state index in [1.54, 1.807) is 0 Å². The second-order valence-corrected chi connectivity index (χ2v) is 7.96. The summed E-state index contributed by atoms with van der Waals surface area (Å²) in [5, 5.41) is 3.57. The predicted octanol–water partition coefficient (Wildman–Crippen LogP) is 3.15. The summed E-state index contributed by atoms with van der Waals surface area (Å²) in [7, 11) is 6.09. The van der Waals surface area contributed by atoms with Crippen molar-refractivity contribution in [2.45, 2.75) is 26.9 Å². The average molecular weight is 474 g/mol. The number of benzene rings is 1. The van der Waals surface area contributed by atoms with Crippen LogP contribution < -0.4 is 5.32 Å². The Labute approximate surface area is 176 Å². The van der Waals surface area contributed by atoms with Crippen LogP contribution in [0.2, 0.25) is 0 Å². The number of morpholine rings is 1. The highest BCUT2D eigenvalue weighted by Crippen LogP contribution is 2.25. The molecular weight excluding hydrogens is 439 g/mol. The minimum Gasteiger partial charge on any atom is -0.370 e. The predicted molar refractivity (Wildman–Crippen MR) is 121 cm³/mol. The Morgan fingerprint density at radius 2 is 2.04 bits per heavy atom. The van der Waals surface area contributed by atoms with E-state index in [2.05, 4.69) is 79.2 Å². The van der Waals surface area contributed by atoms with Crippen LogP contribution in [0.15, 0.2) is 29.3 Å². The van der Waals surface area contributed by atoms with Crippen LogP contribution in [0.1, 0.15) is 31.1 Å². The highest BCUT2D eigenvalue weighted by molar-refractivity contribution is 14.0. The zero-order valence-corrected chi connectivity index (χ0v) is 19.4. The summed E-state index contributed by atoms with van der Waals surface area (Å²) in [6, 6.07) is 8.47. The Morgan fingerprint density at radius 1 is 1.35 bits per heavy atom. The molecule has 1 saturated heterocycles. The zero-order valence-electron chi connectivity index (χ0n) is 17.1. The number of nitrogens with one attached hydrogen (secondary N) is 1. The van der Waals surface area contributed by atoms with Crippen LogP contribution in [-0.2, 0) is 4.74 Å². The Morgan fingerprint density at radius 3 is 2.65 bits per heavy atom. The molecule has 0 aliphatic carbocycles. The number of rotatable bonds is 5. The van der Waals surface area contributed by atoms with Gasteiger partial charge in [-0.25, -0.2) is 0 Å². The fourth-order valence-corrected chi connectivity index (χ4v) is 3.54. The molecule has 1 heterocycles. The van der Waals surface area contributed by atoms with Gasteiger partial charge in [0.15, 0.2) is 5.96 Å². The number of ether oxygens (including phenoxy) is 1. The second-order valence-electron chi connectivity index (χ2n) is 7.96. The molecule has 0 saturated carbocycles. The Hall–Kier alpha value is -0.860. The third-order valence-corrected chi connectivity index (χ3v) is 4.58. The molecule has 0 spiro atoms. The second kappa shape index (κ2) is 10.5. The van der Waals surface area contributed by atoms with Gasteiger partial charge in [-0.3, -0.25) is 4.99 Å². The summed E-state index contributed by atoms with van der Waals surface area (Å²) in [5.41, 5.74) is 2.74. The van der Waals surface area contributed by atoms with Crippen molar-refractivity contribution >= 4 is 29.9 Å². The van der Waals surface area contributed by atoms with Gasteiger partial charge in [-0.15, -0.1) is 24.0 Å². The first-order chi connectivity index (χ1) is 11.8. The van der Waals surface area contributed by atoms with Gasteiger partial charge in [-0.2, -0.15) is 0 Å². The molecule has 5 nitrogen and oxygen atoms in total. The van der Waals surface area contributed by atoms with Crippen molar-refractivity contribution in [1.29, 1.82) is 0 Å². The molecule has 0 bridgehead atoms. The van der Waals surface area contributed by atoms with Crippen molar-refractivity contribution in [3.05, 3.63) is 35.4 Å². The minimum atomic E-state index is 0. The van der Waals surface area contributed by atoms with Gasteiger partial charge in [0.2, 0.25) is 0 Å². The molecule has 1 aromatic carbocycles. The molecule has 2 rings (SSSR count). The normalized spacial score (nSPS) is 18.7. The average Bonchev–Trinajstić information content (AvgIpc) is 2.55. The maximum Gasteiger partial charge on any atom is 0.193 e. The molecule has 0 radical (unpaired) electrons. The van der Waals surface area contributed by atoms with E-state index in [0.717, 1.165) is 38.7 Å². The van der Waals surface area contributed by atoms with E-state index in [1.807, 2.05) is 7.05 Å². The highest BCUT2D eigenvalue weighted by Gasteiger charge is 2.26. The van der Waals surface area contributed by atoms with E-state index in [-0.39, 0.29) is 35.5 Å². The van der Waals surface area contributed by atoms with E-state index in [1.165, 1.54) is 11.1 Å². The lowest BCUT2D eigenvalue weighted by atomic mass is 9.93. The van der Waals surface area contributed by atoms with Gasteiger partial charge in [0.25, 0.3) is 0 Å². The summed E-state index contributed by atoms with van der Waals surface area (Å²) in [4.78, 5) is 9.05. The first-order valence-corrected chi connectivity index (χ1v) is 9.10. The standard InChI is InChI=1S/C20H34N4O.HI/c1-16-9-7-8-10-17(16)18-13-24(11-12-25-18)19(21-4)22-14-20(2,3)15-23(5)6;/h7-10,18H,11-15H2,1-6H3,(H,21,22);1H. The highest BCUT2D eigenvalue weighted by atomic mass is 127. The maximum absolute atomic E-state index is 6.04. The number of hydrogen-bond donors (Lipinski definition) is 1.